The van der Waals surface area contributed by atoms with Crippen LogP contribution in [0, 0.1) is 5.92 Å². The number of ether oxygens (including phenoxy) is 2. The predicted octanol–water partition coefficient (Wildman–Crippen LogP) is 2.01. The van der Waals surface area contributed by atoms with Crippen LogP contribution in [0.2, 0.25) is 0 Å². The Morgan fingerprint density at radius 2 is 2.00 bits per heavy atom. The maximum absolute atomic E-state index is 9.85. The van der Waals surface area contributed by atoms with Crippen molar-refractivity contribution in [3.8, 4) is 17.2 Å². The molecule has 3 rings (SSSR count). The number of nitrogens with one attached hydrogen (secondary N) is 1. The van der Waals surface area contributed by atoms with Gasteiger partial charge in [0.15, 0.2) is 11.5 Å². The number of rotatable bonds is 3. The van der Waals surface area contributed by atoms with Gasteiger partial charge in [-0.2, -0.15) is 0 Å². The highest BCUT2D eigenvalue weighted by Gasteiger charge is 2.25. The quantitative estimate of drug-likeness (QED) is 0.841. The first-order valence-electron chi connectivity index (χ1n) is 6.07. The molecule has 1 aliphatic carbocycles. The Hall–Kier alpha value is -1.42. The zero-order valence-corrected chi connectivity index (χ0v) is 9.90. The summed E-state index contributed by atoms with van der Waals surface area (Å²) in [7, 11) is 0. The van der Waals surface area contributed by atoms with Crippen molar-refractivity contribution in [1.29, 1.82) is 0 Å². The topological polar surface area (TPSA) is 50.7 Å². The van der Waals surface area contributed by atoms with Crippen molar-refractivity contribution in [3.63, 3.8) is 0 Å². The molecule has 0 radical (unpaired) electrons. The molecule has 17 heavy (non-hydrogen) atoms. The van der Waals surface area contributed by atoms with E-state index in [1.165, 1.54) is 12.8 Å². The minimum Gasteiger partial charge on any atom is -0.507 e. The first-order chi connectivity index (χ1) is 8.22. The third-order valence-electron chi connectivity index (χ3n) is 3.53. The van der Waals surface area contributed by atoms with E-state index >= 15 is 0 Å². The fraction of sp³-hybridized carbons (Fsp3) is 0.538. The van der Waals surface area contributed by atoms with Crippen LogP contribution in [-0.2, 0) is 6.54 Å². The predicted molar refractivity (Wildman–Crippen MR) is 63.3 cm³/mol. The van der Waals surface area contributed by atoms with Crippen LogP contribution in [0.3, 0.4) is 0 Å². The lowest BCUT2D eigenvalue weighted by Gasteiger charge is -2.33. The summed E-state index contributed by atoms with van der Waals surface area (Å²) in [6.07, 6.45) is 2.45. The second-order valence-electron chi connectivity index (χ2n) is 4.99. The molecule has 4 nitrogen and oxygen atoms in total. The minimum absolute atomic E-state index is 0.242. The van der Waals surface area contributed by atoms with Gasteiger partial charge in [0.1, 0.15) is 5.75 Å². The van der Waals surface area contributed by atoms with Crippen LogP contribution in [0.15, 0.2) is 12.1 Å². The molecule has 0 bridgehead atoms. The summed E-state index contributed by atoms with van der Waals surface area (Å²) >= 11 is 0. The molecule has 0 aromatic heterocycles. The molecule has 92 valence electrons. The van der Waals surface area contributed by atoms with Gasteiger partial charge in [-0.05, 0) is 24.8 Å². The lowest BCUT2D eigenvalue weighted by molar-refractivity contribution is 0.174. The van der Waals surface area contributed by atoms with Gasteiger partial charge in [-0.3, -0.25) is 0 Å². The summed E-state index contributed by atoms with van der Waals surface area (Å²) in [4.78, 5) is 0. The first kappa shape index (κ1) is 10.7. The molecule has 0 saturated heterocycles. The van der Waals surface area contributed by atoms with Gasteiger partial charge < -0.3 is 19.9 Å². The summed E-state index contributed by atoms with van der Waals surface area (Å²) in [6, 6.07) is 4.07. The molecule has 0 amide bonds. The van der Waals surface area contributed by atoms with Crippen molar-refractivity contribution in [2.24, 2.45) is 5.92 Å². The van der Waals surface area contributed by atoms with Gasteiger partial charge in [0.2, 0.25) is 6.79 Å². The van der Waals surface area contributed by atoms with Crippen LogP contribution in [-0.4, -0.2) is 17.9 Å². The van der Waals surface area contributed by atoms with Crippen LogP contribution in [0.1, 0.15) is 25.3 Å². The Morgan fingerprint density at radius 3 is 2.71 bits per heavy atom. The number of phenolic OH excluding ortho intramolecular Hbond substituents is 1. The molecule has 1 aromatic carbocycles. The van der Waals surface area contributed by atoms with Crippen molar-refractivity contribution in [2.75, 3.05) is 6.79 Å². The van der Waals surface area contributed by atoms with Gasteiger partial charge in [-0.15, -0.1) is 0 Å². The molecule has 1 fully saturated rings. The Labute approximate surface area is 101 Å². The van der Waals surface area contributed by atoms with E-state index in [0.717, 1.165) is 17.2 Å². The third kappa shape index (κ3) is 2.05. The van der Waals surface area contributed by atoms with E-state index in [0.29, 0.717) is 18.3 Å². The van der Waals surface area contributed by atoms with E-state index in [1.54, 1.807) is 6.07 Å². The molecule has 0 atom stereocenters. The van der Waals surface area contributed by atoms with Crippen LogP contribution in [0.4, 0.5) is 0 Å². The highest BCUT2D eigenvalue weighted by atomic mass is 16.7. The molecule has 4 heteroatoms. The Kier molecular flexibility index (Phi) is 2.59. The lowest BCUT2D eigenvalue weighted by atomic mass is 9.82. The Balaban J connectivity index is 1.66. The number of fused-ring (bicyclic) bond motifs is 1. The molecular formula is C13H17NO3. The zero-order valence-electron chi connectivity index (χ0n) is 9.90. The molecule has 0 unspecified atom stereocenters. The summed E-state index contributed by atoms with van der Waals surface area (Å²) in [6.45, 7) is 3.18. The third-order valence-corrected chi connectivity index (χ3v) is 3.53. The lowest BCUT2D eigenvalue weighted by Crippen LogP contribution is -2.39. The van der Waals surface area contributed by atoms with Crippen LogP contribution >= 0.6 is 0 Å². The molecule has 2 N–H and O–H groups in total. The van der Waals surface area contributed by atoms with Gasteiger partial charge in [0.25, 0.3) is 0 Å². The fourth-order valence-corrected chi connectivity index (χ4v) is 2.44. The highest BCUT2D eigenvalue weighted by molar-refractivity contribution is 5.51. The van der Waals surface area contributed by atoms with Crippen molar-refractivity contribution in [1.82, 2.24) is 5.32 Å². The Morgan fingerprint density at radius 1 is 1.29 bits per heavy atom. The van der Waals surface area contributed by atoms with E-state index in [2.05, 4.69) is 12.2 Å². The van der Waals surface area contributed by atoms with Gasteiger partial charge in [0.05, 0.1) is 0 Å². The SMILES string of the molecule is CC1CC(NCc2cc3c(cc2O)OCO3)C1. The second-order valence-corrected chi connectivity index (χ2v) is 4.99. The molecule has 2 aliphatic rings. The number of aromatic hydroxyl groups is 1. The minimum atomic E-state index is 0.242. The van der Waals surface area contributed by atoms with E-state index in [4.69, 9.17) is 9.47 Å². The van der Waals surface area contributed by atoms with Crippen molar-refractivity contribution < 1.29 is 14.6 Å². The summed E-state index contributed by atoms with van der Waals surface area (Å²) in [5.74, 6) is 2.46. The van der Waals surface area contributed by atoms with Crippen molar-refractivity contribution >= 4 is 0 Å². The maximum Gasteiger partial charge on any atom is 0.231 e. The number of benzene rings is 1. The first-order valence-corrected chi connectivity index (χ1v) is 6.07. The monoisotopic (exact) mass is 235 g/mol. The van der Waals surface area contributed by atoms with Gasteiger partial charge in [-0.25, -0.2) is 0 Å². The number of hydrogen-bond donors (Lipinski definition) is 2. The van der Waals surface area contributed by atoms with Crippen molar-refractivity contribution in [2.45, 2.75) is 32.4 Å². The summed E-state index contributed by atoms with van der Waals surface area (Å²) in [5.41, 5.74) is 0.869. The summed E-state index contributed by atoms with van der Waals surface area (Å²) in [5, 5.41) is 13.3. The normalized spacial score (nSPS) is 25.7. The number of hydrogen-bond acceptors (Lipinski definition) is 4. The van der Waals surface area contributed by atoms with Gasteiger partial charge in [0, 0.05) is 24.2 Å². The fourth-order valence-electron chi connectivity index (χ4n) is 2.44. The van der Waals surface area contributed by atoms with E-state index in [1.807, 2.05) is 6.07 Å². The van der Waals surface area contributed by atoms with Crippen molar-refractivity contribution in [3.05, 3.63) is 17.7 Å². The van der Waals surface area contributed by atoms with Gasteiger partial charge in [-0.1, -0.05) is 6.92 Å². The van der Waals surface area contributed by atoms with Gasteiger partial charge >= 0.3 is 0 Å². The molecule has 1 aromatic rings. The number of phenols is 1. The average Bonchev–Trinajstić information content (AvgIpc) is 2.69. The highest BCUT2D eigenvalue weighted by Crippen LogP contribution is 2.37. The van der Waals surface area contributed by atoms with E-state index in [-0.39, 0.29) is 12.5 Å². The second kappa shape index (κ2) is 4.11. The van der Waals surface area contributed by atoms with Crippen LogP contribution < -0.4 is 14.8 Å². The van der Waals surface area contributed by atoms with Crippen LogP contribution in [0.5, 0.6) is 17.2 Å². The molecular weight excluding hydrogens is 218 g/mol. The molecule has 1 aliphatic heterocycles. The molecule has 0 spiro atoms. The summed E-state index contributed by atoms with van der Waals surface area (Å²) < 4.78 is 10.5. The molecule has 1 saturated carbocycles. The standard InChI is InChI=1S/C13H17NO3/c1-8-2-10(3-8)14-6-9-4-12-13(5-11(9)15)17-7-16-12/h4-5,8,10,14-15H,2-3,6-7H2,1H3. The maximum atomic E-state index is 9.85. The average molecular weight is 235 g/mol. The van der Waals surface area contributed by atoms with Crippen LogP contribution in [0.25, 0.3) is 0 Å². The largest absolute Gasteiger partial charge is 0.507 e. The smallest absolute Gasteiger partial charge is 0.231 e. The zero-order chi connectivity index (χ0) is 11.8. The Bertz CT molecular complexity index is 427. The van der Waals surface area contributed by atoms with E-state index < -0.39 is 0 Å². The molecule has 1 heterocycles. The van der Waals surface area contributed by atoms with E-state index in [9.17, 15) is 5.11 Å².